The Morgan fingerprint density at radius 3 is 2.07 bits per heavy atom. The molecule has 8 heteroatoms. The summed E-state index contributed by atoms with van der Waals surface area (Å²) in [6, 6.07) is 12.1. The molecule has 0 fully saturated rings. The van der Waals surface area contributed by atoms with Crippen LogP contribution in [-0.2, 0) is 36.5 Å². The molecule has 0 radical (unpaired) electrons. The van der Waals surface area contributed by atoms with E-state index in [-0.39, 0.29) is 24.6 Å². The van der Waals surface area contributed by atoms with Gasteiger partial charge >= 0.3 is 13.1 Å². The molecule has 2 rings (SSSR count). The maximum absolute atomic E-state index is 13.0. The van der Waals surface area contributed by atoms with E-state index in [1.165, 1.54) is 31.4 Å². The zero-order valence-corrected chi connectivity index (χ0v) is 16.1. The Hall–Kier alpha value is -2.71. The maximum atomic E-state index is 13.0. The number of halogens is 1. The first-order valence-corrected chi connectivity index (χ1v) is 8.73. The Kier molecular flexibility index (Phi) is 8.16. The zero-order valence-electron chi connectivity index (χ0n) is 16.1. The first-order chi connectivity index (χ1) is 13.5. The summed E-state index contributed by atoms with van der Waals surface area (Å²) in [6.07, 6.45) is 0.308. The second-order valence-corrected chi connectivity index (χ2v) is 6.20. The van der Waals surface area contributed by atoms with Gasteiger partial charge in [-0.1, -0.05) is 36.4 Å². The van der Waals surface area contributed by atoms with Gasteiger partial charge in [0, 0.05) is 20.6 Å². The van der Waals surface area contributed by atoms with Gasteiger partial charge < -0.3 is 19.4 Å². The minimum Gasteiger partial charge on any atom is -0.467 e. The van der Waals surface area contributed by atoms with E-state index in [1.54, 1.807) is 14.2 Å². The minimum absolute atomic E-state index is 0.0378. The predicted molar refractivity (Wildman–Crippen MR) is 104 cm³/mol. The average Bonchev–Trinajstić information content (AvgIpc) is 2.70. The van der Waals surface area contributed by atoms with Gasteiger partial charge in [-0.3, -0.25) is 4.79 Å². The summed E-state index contributed by atoms with van der Waals surface area (Å²) in [5.74, 6) is -1.26. The number of hydrogen-bond donors (Lipinski definition) is 1. The third kappa shape index (κ3) is 6.18. The molecule has 0 aliphatic heterocycles. The smallest absolute Gasteiger partial charge is 0.467 e. The van der Waals surface area contributed by atoms with Crippen molar-refractivity contribution in [3.05, 3.63) is 65.5 Å². The van der Waals surface area contributed by atoms with Crippen LogP contribution in [0.2, 0.25) is 0 Å². The lowest BCUT2D eigenvalue weighted by Gasteiger charge is -2.17. The van der Waals surface area contributed by atoms with Crippen molar-refractivity contribution in [1.29, 1.82) is 0 Å². The van der Waals surface area contributed by atoms with Gasteiger partial charge in [-0.2, -0.15) is 0 Å². The summed E-state index contributed by atoms with van der Waals surface area (Å²) in [7, 11) is 3.89. The molecule has 1 N–H and O–H groups in total. The molecule has 2 aromatic carbocycles. The second-order valence-electron chi connectivity index (χ2n) is 6.20. The molecular weight excluding hydrogens is 364 g/mol. The van der Waals surface area contributed by atoms with E-state index in [4.69, 9.17) is 14.0 Å². The maximum Gasteiger partial charge on any atom is 0.493 e. The fraction of sp³-hybridized carbons (Fsp3) is 0.300. The van der Waals surface area contributed by atoms with E-state index in [0.29, 0.717) is 5.56 Å². The van der Waals surface area contributed by atoms with Crippen LogP contribution >= 0.6 is 0 Å². The fourth-order valence-electron chi connectivity index (χ4n) is 2.78. The number of methoxy groups -OCH3 is 1. The van der Waals surface area contributed by atoms with Gasteiger partial charge in [0.1, 0.15) is 11.9 Å². The molecule has 0 unspecified atom stereocenters. The average molecular weight is 387 g/mol. The molecule has 0 aliphatic rings. The molecule has 0 spiro atoms. The monoisotopic (exact) mass is 387 g/mol. The van der Waals surface area contributed by atoms with Gasteiger partial charge in [-0.15, -0.1) is 0 Å². The number of esters is 1. The summed E-state index contributed by atoms with van der Waals surface area (Å²) in [6.45, 7) is 0. The molecule has 0 aliphatic carbocycles. The summed E-state index contributed by atoms with van der Waals surface area (Å²) in [5, 5.41) is 2.68. The Morgan fingerprint density at radius 2 is 1.54 bits per heavy atom. The molecule has 0 saturated heterocycles. The minimum atomic E-state index is -0.829. The molecule has 0 heterocycles. The van der Waals surface area contributed by atoms with Crippen molar-refractivity contribution in [3.63, 3.8) is 0 Å². The van der Waals surface area contributed by atoms with Gasteiger partial charge in [0.25, 0.3) is 0 Å². The van der Waals surface area contributed by atoms with Crippen molar-refractivity contribution in [2.75, 3.05) is 21.3 Å². The highest BCUT2D eigenvalue weighted by atomic mass is 19.1. The molecule has 148 valence electrons. The molecule has 1 atom stereocenters. The molecule has 0 aromatic heterocycles. The standard InChI is InChI=1S/C20H23BFNO5/c1-26-20(25)18(23-19(24)13-15-6-10-17(22)11-7-15)12-14-4-8-16(9-5-14)21(27-2)28-3/h4-11,18H,12-13H2,1-3H3,(H,23,24)/t18-/m0/s1. The van der Waals surface area contributed by atoms with Crippen LogP contribution in [0.15, 0.2) is 48.5 Å². The first kappa shape index (κ1) is 21.6. The third-order valence-electron chi connectivity index (χ3n) is 4.22. The predicted octanol–water partition coefficient (Wildman–Crippen LogP) is 1.26. The Morgan fingerprint density at radius 1 is 0.964 bits per heavy atom. The van der Waals surface area contributed by atoms with Crippen molar-refractivity contribution in [3.8, 4) is 0 Å². The highest BCUT2D eigenvalue weighted by Crippen LogP contribution is 2.07. The SMILES string of the molecule is COB(OC)c1ccc(C[C@H](NC(=O)Cc2ccc(F)cc2)C(=O)OC)cc1. The lowest BCUT2D eigenvalue weighted by Crippen LogP contribution is -2.43. The summed E-state index contributed by atoms with van der Waals surface area (Å²) in [4.78, 5) is 24.4. The summed E-state index contributed by atoms with van der Waals surface area (Å²) < 4.78 is 28.2. The van der Waals surface area contributed by atoms with E-state index in [9.17, 15) is 14.0 Å². The van der Waals surface area contributed by atoms with Crippen molar-refractivity contribution in [1.82, 2.24) is 5.32 Å². The van der Waals surface area contributed by atoms with Crippen LogP contribution in [0.25, 0.3) is 0 Å². The van der Waals surface area contributed by atoms with Crippen LogP contribution in [0, 0.1) is 5.82 Å². The number of benzene rings is 2. The number of ether oxygens (including phenoxy) is 1. The van der Waals surface area contributed by atoms with Crippen molar-refractivity contribution in [2.45, 2.75) is 18.9 Å². The van der Waals surface area contributed by atoms with Crippen LogP contribution in [0.4, 0.5) is 4.39 Å². The molecule has 0 bridgehead atoms. The highest BCUT2D eigenvalue weighted by molar-refractivity contribution is 6.61. The molecule has 6 nitrogen and oxygen atoms in total. The van der Waals surface area contributed by atoms with E-state index in [2.05, 4.69) is 5.32 Å². The first-order valence-electron chi connectivity index (χ1n) is 8.73. The van der Waals surface area contributed by atoms with Gasteiger partial charge in [-0.05, 0) is 28.7 Å². The van der Waals surface area contributed by atoms with Crippen LogP contribution in [0.1, 0.15) is 11.1 Å². The zero-order chi connectivity index (χ0) is 20.5. The Labute approximate surface area is 164 Å². The third-order valence-corrected chi connectivity index (χ3v) is 4.22. The van der Waals surface area contributed by atoms with Crippen LogP contribution < -0.4 is 10.8 Å². The number of amides is 1. The number of carbonyl (C=O) groups excluding carboxylic acids is 2. The fourth-order valence-corrected chi connectivity index (χ4v) is 2.78. The molecular formula is C20H23BFNO5. The quantitative estimate of drug-likeness (QED) is 0.518. The Balaban J connectivity index is 2.03. The normalized spacial score (nSPS) is 11.6. The van der Waals surface area contributed by atoms with E-state index >= 15 is 0 Å². The molecule has 2 aromatic rings. The van der Waals surface area contributed by atoms with Crippen LogP contribution in [0.3, 0.4) is 0 Å². The van der Waals surface area contributed by atoms with E-state index in [1.807, 2.05) is 24.3 Å². The number of rotatable bonds is 9. The van der Waals surface area contributed by atoms with Gasteiger partial charge in [0.05, 0.1) is 13.5 Å². The number of nitrogens with one attached hydrogen (secondary N) is 1. The molecule has 28 heavy (non-hydrogen) atoms. The van der Waals surface area contributed by atoms with Gasteiger partial charge in [0.2, 0.25) is 5.91 Å². The highest BCUT2D eigenvalue weighted by Gasteiger charge is 2.23. The van der Waals surface area contributed by atoms with Crippen molar-refractivity contribution >= 4 is 24.5 Å². The lowest BCUT2D eigenvalue weighted by atomic mass is 9.78. The molecule has 0 saturated carbocycles. The van der Waals surface area contributed by atoms with Crippen molar-refractivity contribution in [2.24, 2.45) is 0 Å². The van der Waals surface area contributed by atoms with Crippen LogP contribution in [0.5, 0.6) is 0 Å². The van der Waals surface area contributed by atoms with Crippen molar-refractivity contribution < 1.29 is 28.0 Å². The number of hydrogen-bond acceptors (Lipinski definition) is 5. The summed E-state index contributed by atoms with van der Waals surface area (Å²) >= 11 is 0. The van der Waals surface area contributed by atoms with Gasteiger partial charge in [-0.25, -0.2) is 9.18 Å². The van der Waals surface area contributed by atoms with Crippen LogP contribution in [-0.4, -0.2) is 46.4 Å². The second kappa shape index (κ2) is 10.6. The topological polar surface area (TPSA) is 73.9 Å². The lowest BCUT2D eigenvalue weighted by molar-refractivity contribution is -0.145. The summed E-state index contributed by atoms with van der Waals surface area (Å²) in [5.41, 5.74) is 2.33. The van der Waals surface area contributed by atoms with Gasteiger partial charge in [0.15, 0.2) is 0 Å². The Bertz CT molecular complexity index is 778. The largest absolute Gasteiger partial charge is 0.493 e. The van der Waals surface area contributed by atoms with E-state index in [0.717, 1.165) is 11.0 Å². The molecule has 1 amide bonds. The number of carbonyl (C=O) groups is 2. The van der Waals surface area contributed by atoms with E-state index < -0.39 is 19.1 Å².